The Morgan fingerprint density at radius 1 is 0.979 bits per heavy atom. The Morgan fingerprint density at radius 2 is 1.57 bits per heavy atom. The van der Waals surface area contributed by atoms with Gasteiger partial charge in [-0.15, -0.1) is 0 Å². The average molecular weight is 649 g/mol. The summed E-state index contributed by atoms with van der Waals surface area (Å²) in [4.78, 5) is 67.4. The number of aromatic nitrogens is 1. The number of rotatable bonds is 13. The summed E-state index contributed by atoms with van der Waals surface area (Å²) < 4.78 is 2.06. The van der Waals surface area contributed by atoms with Gasteiger partial charge < -0.3 is 25.4 Å². The second kappa shape index (κ2) is 14.7. The standard InChI is InChI=1S/C36H52N6O5/c1-22(2)27(20-23(3)32(45)38-18-19-42-28(43)16-17-29(42)44)41(11)34(47)31(35(4,5)6)39-33(46)30(37-9)36(7,8)25-21-40(10)26-15-13-12-14-24(25)26/h12-17,20-22,27,30-31,37H,18-19H2,1-11H3,(H,38,45)(H,39,46)/b23-20+/t27-,30-,31-/m1/s1. The van der Waals surface area contributed by atoms with Crippen LogP contribution in [0.25, 0.3) is 10.9 Å². The van der Waals surface area contributed by atoms with Crippen LogP contribution in [0.15, 0.2) is 54.3 Å². The summed E-state index contributed by atoms with van der Waals surface area (Å²) >= 11 is 0. The number of nitrogens with one attached hydrogen (secondary N) is 3. The maximum atomic E-state index is 14.2. The van der Waals surface area contributed by atoms with E-state index >= 15 is 0 Å². The molecule has 0 saturated heterocycles. The summed E-state index contributed by atoms with van der Waals surface area (Å²) in [7, 11) is 5.43. The monoisotopic (exact) mass is 648 g/mol. The van der Waals surface area contributed by atoms with E-state index in [4.69, 9.17) is 0 Å². The first kappa shape index (κ1) is 37.2. The van der Waals surface area contributed by atoms with E-state index in [1.165, 1.54) is 12.2 Å². The number of likely N-dealkylation sites (N-methyl/N-ethyl adjacent to an activating group) is 2. The number of fused-ring (bicyclic) bond motifs is 1. The van der Waals surface area contributed by atoms with E-state index < -0.39 is 40.8 Å². The van der Waals surface area contributed by atoms with Crippen molar-refractivity contribution in [2.75, 3.05) is 27.2 Å². The van der Waals surface area contributed by atoms with Crippen molar-refractivity contribution in [2.24, 2.45) is 18.4 Å². The number of hydrogen-bond acceptors (Lipinski definition) is 6. The van der Waals surface area contributed by atoms with Crippen LogP contribution in [0, 0.1) is 11.3 Å². The highest BCUT2D eigenvalue weighted by molar-refractivity contribution is 6.12. The van der Waals surface area contributed by atoms with Gasteiger partial charge in [0.2, 0.25) is 17.7 Å². The van der Waals surface area contributed by atoms with E-state index in [0.717, 1.165) is 21.4 Å². The number of para-hydroxylation sites is 1. The fourth-order valence-electron chi connectivity index (χ4n) is 6.21. The van der Waals surface area contributed by atoms with Crippen LogP contribution in [0.4, 0.5) is 0 Å². The molecule has 0 bridgehead atoms. The highest BCUT2D eigenvalue weighted by Crippen LogP contribution is 2.35. The lowest BCUT2D eigenvalue weighted by molar-refractivity contribution is -0.141. The van der Waals surface area contributed by atoms with Crippen molar-refractivity contribution in [3.8, 4) is 0 Å². The first-order valence-corrected chi connectivity index (χ1v) is 16.1. The normalized spacial score (nSPS) is 16.1. The van der Waals surface area contributed by atoms with E-state index in [9.17, 15) is 24.0 Å². The lowest BCUT2D eigenvalue weighted by Gasteiger charge is -2.39. The van der Waals surface area contributed by atoms with Gasteiger partial charge in [-0.05, 0) is 36.9 Å². The molecule has 1 aromatic heterocycles. The van der Waals surface area contributed by atoms with E-state index in [0.29, 0.717) is 5.57 Å². The fourth-order valence-corrected chi connectivity index (χ4v) is 6.21. The molecule has 256 valence electrons. The van der Waals surface area contributed by atoms with Crippen molar-refractivity contribution >= 4 is 40.4 Å². The SMILES string of the molecule is CN[C@H](C(=O)N[C@H](C(=O)N(C)[C@H](/C=C(\C)C(=O)NCCN1C(=O)C=CC1=O)C(C)C)C(C)(C)C)C(C)(C)c1cn(C)c2ccccc12. The number of benzene rings is 1. The van der Waals surface area contributed by atoms with Gasteiger partial charge >= 0.3 is 0 Å². The lowest BCUT2D eigenvalue weighted by Crippen LogP contribution is -2.61. The zero-order chi connectivity index (χ0) is 35.4. The molecule has 1 aliphatic heterocycles. The van der Waals surface area contributed by atoms with Gasteiger partial charge in [0.1, 0.15) is 6.04 Å². The summed E-state index contributed by atoms with van der Waals surface area (Å²) in [6.45, 7) is 15.5. The Kier molecular flexibility index (Phi) is 11.6. The van der Waals surface area contributed by atoms with Crippen molar-refractivity contribution in [2.45, 2.75) is 78.9 Å². The molecular formula is C36H52N6O5. The Labute approximate surface area is 278 Å². The molecule has 3 atom stereocenters. The Hall–Kier alpha value is -4.25. The Morgan fingerprint density at radius 3 is 2.13 bits per heavy atom. The largest absolute Gasteiger partial charge is 0.351 e. The molecule has 11 nitrogen and oxygen atoms in total. The molecule has 11 heteroatoms. The van der Waals surface area contributed by atoms with Gasteiger partial charge in [-0.3, -0.25) is 28.9 Å². The van der Waals surface area contributed by atoms with E-state index in [1.807, 2.05) is 67.6 Å². The van der Waals surface area contributed by atoms with Crippen molar-refractivity contribution in [3.05, 3.63) is 59.8 Å². The number of aryl methyl sites for hydroxylation is 1. The summed E-state index contributed by atoms with van der Waals surface area (Å²) in [6.07, 6.45) is 6.21. The van der Waals surface area contributed by atoms with Crippen LogP contribution >= 0.6 is 0 Å². The van der Waals surface area contributed by atoms with Crippen LogP contribution in [-0.2, 0) is 36.4 Å². The molecule has 5 amide bonds. The predicted molar refractivity (Wildman–Crippen MR) is 184 cm³/mol. The van der Waals surface area contributed by atoms with Crippen molar-refractivity contribution < 1.29 is 24.0 Å². The van der Waals surface area contributed by atoms with Crippen molar-refractivity contribution in [3.63, 3.8) is 0 Å². The van der Waals surface area contributed by atoms with Crippen LogP contribution in [0.1, 0.15) is 61.0 Å². The molecule has 3 N–H and O–H groups in total. The molecule has 2 aromatic rings. The minimum Gasteiger partial charge on any atom is -0.351 e. The zero-order valence-corrected chi connectivity index (χ0v) is 29.7. The fraction of sp³-hybridized carbons (Fsp3) is 0.528. The molecule has 0 saturated carbocycles. The number of carbonyl (C=O) groups excluding carboxylic acids is 5. The van der Waals surface area contributed by atoms with Gasteiger partial charge in [0.05, 0.1) is 12.1 Å². The smallest absolute Gasteiger partial charge is 0.253 e. The summed E-state index contributed by atoms with van der Waals surface area (Å²) in [6, 6.07) is 6.13. The van der Waals surface area contributed by atoms with Gasteiger partial charge in [0.25, 0.3) is 11.8 Å². The van der Waals surface area contributed by atoms with Crippen molar-refractivity contribution in [1.82, 2.24) is 30.3 Å². The molecule has 0 fully saturated rings. The van der Waals surface area contributed by atoms with Crippen LogP contribution < -0.4 is 16.0 Å². The van der Waals surface area contributed by atoms with Crippen LogP contribution in [0.3, 0.4) is 0 Å². The zero-order valence-electron chi connectivity index (χ0n) is 29.7. The van der Waals surface area contributed by atoms with Gasteiger partial charge in [0.15, 0.2) is 0 Å². The summed E-state index contributed by atoms with van der Waals surface area (Å²) in [5.41, 5.74) is 1.23. The summed E-state index contributed by atoms with van der Waals surface area (Å²) in [5.74, 6) is -1.79. The first-order valence-electron chi connectivity index (χ1n) is 16.1. The van der Waals surface area contributed by atoms with E-state index in [1.54, 1.807) is 32.0 Å². The van der Waals surface area contributed by atoms with Crippen molar-refractivity contribution in [1.29, 1.82) is 0 Å². The Balaban J connectivity index is 1.79. The minimum absolute atomic E-state index is 0.0516. The van der Waals surface area contributed by atoms with Gasteiger partial charge in [-0.25, -0.2) is 0 Å². The molecule has 0 radical (unpaired) electrons. The third-order valence-electron chi connectivity index (χ3n) is 9.04. The highest BCUT2D eigenvalue weighted by Gasteiger charge is 2.42. The number of carbonyl (C=O) groups is 5. The predicted octanol–water partition coefficient (Wildman–Crippen LogP) is 3.05. The van der Waals surface area contributed by atoms with Crippen LogP contribution in [0.2, 0.25) is 0 Å². The molecule has 0 aliphatic carbocycles. The third kappa shape index (κ3) is 8.19. The molecule has 3 rings (SSSR count). The molecule has 47 heavy (non-hydrogen) atoms. The minimum atomic E-state index is -0.855. The molecule has 2 heterocycles. The maximum absolute atomic E-state index is 14.2. The van der Waals surface area contributed by atoms with Crippen LogP contribution in [0.5, 0.6) is 0 Å². The van der Waals surface area contributed by atoms with Gasteiger partial charge in [-0.2, -0.15) is 0 Å². The molecule has 1 aliphatic rings. The second-order valence-electron chi connectivity index (χ2n) is 14.4. The van der Waals surface area contributed by atoms with E-state index in [2.05, 4.69) is 38.8 Å². The molecular weight excluding hydrogens is 596 g/mol. The van der Waals surface area contributed by atoms with E-state index in [-0.39, 0.29) is 36.7 Å². The second-order valence-corrected chi connectivity index (χ2v) is 14.4. The molecule has 0 spiro atoms. The van der Waals surface area contributed by atoms with Gasteiger partial charge in [-0.1, -0.05) is 72.7 Å². The third-order valence-corrected chi connectivity index (χ3v) is 9.04. The highest BCUT2D eigenvalue weighted by atomic mass is 16.2. The topological polar surface area (TPSA) is 133 Å². The quantitative estimate of drug-likeness (QED) is 0.226. The van der Waals surface area contributed by atoms with Crippen LogP contribution in [-0.4, -0.2) is 89.2 Å². The molecule has 0 unspecified atom stereocenters. The first-order chi connectivity index (χ1) is 21.8. The number of nitrogens with zero attached hydrogens (tertiary/aromatic N) is 3. The number of imide groups is 1. The molecule has 1 aromatic carbocycles. The summed E-state index contributed by atoms with van der Waals surface area (Å²) in [5, 5.41) is 10.1. The Bertz CT molecular complexity index is 1560. The lowest BCUT2D eigenvalue weighted by atomic mass is 9.76. The maximum Gasteiger partial charge on any atom is 0.253 e. The number of amides is 5. The average Bonchev–Trinajstić information content (AvgIpc) is 3.51. The number of hydrogen-bond donors (Lipinski definition) is 3. The van der Waals surface area contributed by atoms with Gasteiger partial charge in [0, 0.05) is 67.4 Å².